The van der Waals surface area contributed by atoms with Crippen LogP contribution in [0.4, 0.5) is 5.69 Å². The number of anilines is 1. The maximum atomic E-state index is 11.5. The third kappa shape index (κ3) is 3.13. The molecule has 1 aliphatic carbocycles. The van der Waals surface area contributed by atoms with Crippen molar-refractivity contribution in [2.45, 2.75) is 31.7 Å². The van der Waals surface area contributed by atoms with E-state index in [4.69, 9.17) is 17.3 Å². The van der Waals surface area contributed by atoms with E-state index >= 15 is 0 Å². The van der Waals surface area contributed by atoms with Crippen LogP contribution in [0.5, 0.6) is 0 Å². The molecule has 1 aromatic rings. The topological polar surface area (TPSA) is 55.1 Å². The van der Waals surface area contributed by atoms with E-state index in [2.05, 4.69) is 5.32 Å². The number of hydrogen-bond donors (Lipinski definition) is 2. The van der Waals surface area contributed by atoms with E-state index < -0.39 is 0 Å². The monoisotopic (exact) mass is 252 g/mol. The molecule has 0 heterocycles. The van der Waals surface area contributed by atoms with Gasteiger partial charge in [-0.1, -0.05) is 24.4 Å². The Morgan fingerprint density at radius 3 is 2.41 bits per heavy atom. The number of carbonyl (C=O) groups excluding carboxylic acids is 1. The van der Waals surface area contributed by atoms with E-state index in [0.29, 0.717) is 10.9 Å². The van der Waals surface area contributed by atoms with Crippen molar-refractivity contribution in [1.29, 1.82) is 0 Å². The third-order valence-electron chi connectivity index (χ3n) is 3.34. The molecule has 17 heavy (non-hydrogen) atoms. The number of benzene rings is 1. The van der Waals surface area contributed by atoms with Crippen LogP contribution in [-0.4, -0.2) is 11.9 Å². The maximum absolute atomic E-state index is 11.5. The van der Waals surface area contributed by atoms with Gasteiger partial charge < -0.3 is 11.1 Å². The Hall–Kier alpha value is -1.22. The summed E-state index contributed by atoms with van der Waals surface area (Å²) in [5, 5.41) is 3.90. The van der Waals surface area contributed by atoms with Gasteiger partial charge in [0.05, 0.1) is 0 Å². The first-order valence-electron chi connectivity index (χ1n) is 5.98. The van der Waals surface area contributed by atoms with Crippen LogP contribution >= 0.6 is 11.6 Å². The van der Waals surface area contributed by atoms with Crippen molar-refractivity contribution in [2.24, 2.45) is 11.7 Å². The molecule has 1 fully saturated rings. The second kappa shape index (κ2) is 5.41. The zero-order chi connectivity index (χ0) is 12.3. The highest BCUT2D eigenvalue weighted by molar-refractivity contribution is 6.30. The number of halogens is 1. The van der Waals surface area contributed by atoms with Gasteiger partial charge in [-0.25, -0.2) is 0 Å². The van der Waals surface area contributed by atoms with Gasteiger partial charge in [0.2, 0.25) is 5.91 Å². The smallest absolute Gasteiger partial charge is 0.240 e. The summed E-state index contributed by atoms with van der Waals surface area (Å²) in [5.41, 5.74) is 6.36. The van der Waals surface area contributed by atoms with Crippen LogP contribution in [-0.2, 0) is 4.79 Å². The van der Waals surface area contributed by atoms with Gasteiger partial charge >= 0.3 is 0 Å². The molecule has 1 unspecified atom stereocenters. The molecule has 1 aromatic carbocycles. The van der Waals surface area contributed by atoms with Crippen LogP contribution in [0.15, 0.2) is 24.3 Å². The quantitative estimate of drug-likeness (QED) is 0.866. The van der Waals surface area contributed by atoms with Gasteiger partial charge in [-0.2, -0.15) is 0 Å². The summed E-state index contributed by atoms with van der Waals surface area (Å²) in [5.74, 6) is 0.0926. The van der Waals surface area contributed by atoms with Crippen molar-refractivity contribution < 1.29 is 4.79 Å². The molecule has 3 nitrogen and oxygen atoms in total. The van der Waals surface area contributed by atoms with Gasteiger partial charge in [0.15, 0.2) is 0 Å². The van der Waals surface area contributed by atoms with E-state index in [9.17, 15) is 4.79 Å². The van der Waals surface area contributed by atoms with Crippen LogP contribution in [0.25, 0.3) is 0 Å². The second-order valence-corrected chi connectivity index (χ2v) is 5.01. The molecule has 0 aliphatic heterocycles. The normalized spacial score (nSPS) is 17.9. The predicted molar refractivity (Wildman–Crippen MR) is 70.0 cm³/mol. The Bertz CT molecular complexity index is 385. The lowest BCUT2D eigenvalue weighted by atomic mass is 9.97. The highest BCUT2D eigenvalue weighted by atomic mass is 35.5. The van der Waals surface area contributed by atoms with E-state index in [1.807, 2.05) is 12.1 Å². The standard InChI is InChI=1S/C13H17ClN2O/c14-10-5-7-11(8-6-10)16-12(13(15)17)9-3-1-2-4-9/h5-9,12,16H,1-4H2,(H2,15,17). The predicted octanol–water partition coefficient (Wildman–Crippen LogP) is 2.80. The van der Waals surface area contributed by atoms with Crippen molar-refractivity contribution in [2.75, 3.05) is 5.32 Å². The van der Waals surface area contributed by atoms with Gasteiger partial charge in [-0.3, -0.25) is 4.79 Å². The second-order valence-electron chi connectivity index (χ2n) is 4.58. The summed E-state index contributed by atoms with van der Waals surface area (Å²) in [4.78, 5) is 11.5. The summed E-state index contributed by atoms with van der Waals surface area (Å²) in [6, 6.07) is 7.08. The van der Waals surface area contributed by atoms with Crippen molar-refractivity contribution in [1.82, 2.24) is 0 Å². The van der Waals surface area contributed by atoms with E-state index in [0.717, 1.165) is 18.5 Å². The van der Waals surface area contributed by atoms with E-state index in [1.165, 1.54) is 12.8 Å². The lowest BCUT2D eigenvalue weighted by molar-refractivity contribution is -0.119. The summed E-state index contributed by atoms with van der Waals surface area (Å²) in [6.07, 6.45) is 4.54. The van der Waals surface area contributed by atoms with E-state index in [1.54, 1.807) is 12.1 Å². The average Bonchev–Trinajstić information content (AvgIpc) is 2.81. The molecule has 2 rings (SSSR count). The third-order valence-corrected chi connectivity index (χ3v) is 3.60. The molecule has 1 saturated carbocycles. The van der Waals surface area contributed by atoms with Crippen LogP contribution in [0.2, 0.25) is 5.02 Å². The van der Waals surface area contributed by atoms with Crippen molar-refractivity contribution >= 4 is 23.2 Å². The molecule has 1 aliphatic rings. The molecule has 0 aromatic heterocycles. The van der Waals surface area contributed by atoms with Gasteiger partial charge in [0.25, 0.3) is 0 Å². The summed E-state index contributed by atoms with van der Waals surface area (Å²) in [6.45, 7) is 0. The summed E-state index contributed by atoms with van der Waals surface area (Å²) < 4.78 is 0. The maximum Gasteiger partial charge on any atom is 0.240 e. The molecule has 0 saturated heterocycles. The number of primary amides is 1. The highest BCUT2D eigenvalue weighted by Gasteiger charge is 2.28. The van der Waals surface area contributed by atoms with E-state index in [-0.39, 0.29) is 11.9 Å². The minimum atomic E-state index is -0.271. The number of hydrogen-bond acceptors (Lipinski definition) is 2. The van der Waals surface area contributed by atoms with Crippen molar-refractivity contribution in [3.63, 3.8) is 0 Å². The Kier molecular flexibility index (Phi) is 3.89. The summed E-state index contributed by atoms with van der Waals surface area (Å²) >= 11 is 5.82. The fourth-order valence-electron chi connectivity index (χ4n) is 2.44. The van der Waals surface area contributed by atoms with Crippen molar-refractivity contribution in [3.8, 4) is 0 Å². The van der Waals surface area contributed by atoms with Gasteiger partial charge in [-0.05, 0) is 43.0 Å². The Morgan fingerprint density at radius 1 is 1.29 bits per heavy atom. The Balaban J connectivity index is 2.06. The number of carbonyl (C=O) groups is 1. The number of rotatable bonds is 4. The molecule has 1 amide bonds. The van der Waals surface area contributed by atoms with Crippen molar-refractivity contribution in [3.05, 3.63) is 29.3 Å². The molecule has 92 valence electrons. The van der Waals surface area contributed by atoms with Crippen LogP contribution in [0.1, 0.15) is 25.7 Å². The number of nitrogens with two attached hydrogens (primary N) is 1. The molecule has 0 bridgehead atoms. The highest BCUT2D eigenvalue weighted by Crippen LogP contribution is 2.29. The SMILES string of the molecule is NC(=O)C(Nc1ccc(Cl)cc1)C1CCCC1. The average molecular weight is 253 g/mol. The minimum absolute atomic E-state index is 0.265. The first kappa shape index (κ1) is 12.2. The lowest BCUT2D eigenvalue weighted by Gasteiger charge is -2.22. The van der Waals surface area contributed by atoms with Crippen LogP contribution < -0.4 is 11.1 Å². The lowest BCUT2D eigenvalue weighted by Crippen LogP contribution is -2.40. The zero-order valence-electron chi connectivity index (χ0n) is 9.66. The molecular formula is C13H17ClN2O. The fraction of sp³-hybridized carbons (Fsp3) is 0.462. The molecule has 0 spiro atoms. The Morgan fingerprint density at radius 2 is 1.88 bits per heavy atom. The number of nitrogens with one attached hydrogen (secondary N) is 1. The van der Waals surface area contributed by atoms with Gasteiger partial charge in [-0.15, -0.1) is 0 Å². The zero-order valence-corrected chi connectivity index (χ0v) is 10.4. The molecule has 0 radical (unpaired) electrons. The first-order chi connectivity index (χ1) is 8.16. The van der Waals surface area contributed by atoms with Crippen LogP contribution in [0, 0.1) is 5.92 Å². The molecule has 1 atom stereocenters. The Labute approximate surface area is 106 Å². The number of amides is 1. The largest absolute Gasteiger partial charge is 0.373 e. The fourth-order valence-corrected chi connectivity index (χ4v) is 2.56. The molecule has 4 heteroatoms. The van der Waals surface area contributed by atoms with Gasteiger partial charge in [0, 0.05) is 10.7 Å². The molecular weight excluding hydrogens is 236 g/mol. The van der Waals surface area contributed by atoms with Gasteiger partial charge in [0.1, 0.15) is 6.04 Å². The summed E-state index contributed by atoms with van der Waals surface area (Å²) in [7, 11) is 0. The first-order valence-corrected chi connectivity index (χ1v) is 6.36. The van der Waals surface area contributed by atoms with Crippen LogP contribution in [0.3, 0.4) is 0 Å². The molecule has 3 N–H and O–H groups in total. The minimum Gasteiger partial charge on any atom is -0.373 e.